The van der Waals surface area contributed by atoms with Gasteiger partial charge < -0.3 is 10.4 Å². The molecule has 2 atom stereocenters. The average molecular weight is 261 g/mol. The molecule has 0 bridgehead atoms. The molecule has 0 aromatic heterocycles. The maximum Gasteiger partial charge on any atom is 0.216 e. The van der Waals surface area contributed by atoms with E-state index in [1.165, 1.54) is 18.6 Å². The highest BCUT2D eigenvalue weighted by Gasteiger charge is 2.25. The maximum absolute atomic E-state index is 10.8. The zero-order valence-corrected chi connectivity index (χ0v) is 12.2. The van der Waals surface area contributed by atoms with Crippen molar-refractivity contribution in [3.63, 3.8) is 0 Å². The van der Waals surface area contributed by atoms with Gasteiger partial charge >= 0.3 is 0 Å². The number of rotatable bonds is 3. The fourth-order valence-electron chi connectivity index (χ4n) is 2.46. The van der Waals surface area contributed by atoms with Crippen LogP contribution in [0.2, 0.25) is 0 Å². The van der Waals surface area contributed by atoms with Crippen LogP contribution in [0.5, 0.6) is 0 Å². The van der Waals surface area contributed by atoms with Gasteiger partial charge in [0.2, 0.25) is 5.91 Å². The van der Waals surface area contributed by atoms with Crippen molar-refractivity contribution in [1.29, 1.82) is 0 Å². The van der Waals surface area contributed by atoms with Gasteiger partial charge in [0.05, 0.1) is 5.44 Å². The minimum absolute atomic E-state index is 0.0569. The number of carbonyl (C=O) groups is 1. The van der Waals surface area contributed by atoms with Crippen molar-refractivity contribution in [2.75, 3.05) is 24.8 Å². The summed E-state index contributed by atoms with van der Waals surface area (Å²) >= 11 is 0. The van der Waals surface area contributed by atoms with Gasteiger partial charge in [0.15, 0.2) is 0 Å². The molecule has 4 heteroatoms. The first kappa shape index (κ1) is 14.8. The van der Waals surface area contributed by atoms with Gasteiger partial charge in [-0.15, -0.1) is 0 Å². The van der Waals surface area contributed by atoms with E-state index in [0.717, 1.165) is 25.8 Å². The number of aliphatic hydroxyl groups excluding tert-OH is 1. The smallest absolute Gasteiger partial charge is 0.216 e. The van der Waals surface area contributed by atoms with Gasteiger partial charge in [-0.1, -0.05) is 0 Å². The predicted octanol–water partition coefficient (Wildman–Crippen LogP) is 2.09. The van der Waals surface area contributed by atoms with E-state index in [2.05, 4.69) is 17.8 Å². The summed E-state index contributed by atoms with van der Waals surface area (Å²) in [5.41, 5.74) is -0.0916. The van der Waals surface area contributed by atoms with E-state index in [9.17, 15) is 9.90 Å². The quantitative estimate of drug-likeness (QED) is 0.817. The second kappa shape index (κ2) is 6.64. The summed E-state index contributed by atoms with van der Waals surface area (Å²) in [5, 5.41) is 13.0. The third kappa shape index (κ3) is 5.30. The van der Waals surface area contributed by atoms with Gasteiger partial charge in [0.25, 0.3) is 0 Å². The Bertz CT molecular complexity index is 256. The number of nitrogens with one attached hydrogen (secondary N) is 1. The Hall–Kier alpha value is -0.220. The lowest BCUT2D eigenvalue weighted by Gasteiger charge is -2.39. The zero-order chi connectivity index (χ0) is 12.9. The molecule has 3 nitrogen and oxygen atoms in total. The van der Waals surface area contributed by atoms with Crippen molar-refractivity contribution >= 4 is 15.9 Å². The van der Waals surface area contributed by atoms with Crippen LogP contribution >= 0.6 is 10.0 Å². The lowest BCUT2D eigenvalue weighted by molar-refractivity contribution is -0.119. The van der Waals surface area contributed by atoms with Crippen molar-refractivity contribution in [2.45, 2.75) is 44.5 Å². The van der Waals surface area contributed by atoms with Crippen LogP contribution in [-0.4, -0.2) is 41.3 Å². The Labute approximate surface area is 107 Å². The normalized spacial score (nSPS) is 31.1. The van der Waals surface area contributed by atoms with Crippen LogP contribution < -0.4 is 5.32 Å². The molecule has 1 aliphatic rings. The van der Waals surface area contributed by atoms with Crippen LogP contribution in [0.4, 0.5) is 0 Å². The Morgan fingerprint density at radius 2 is 2.06 bits per heavy atom. The first-order chi connectivity index (χ1) is 7.92. The molecule has 1 rings (SSSR count). The molecule has 1 saturated heterocycles. The zero-order valence-electron chi connectivity index (χ0n) is 11.4. The molecule has 1 fully saturated rings. The fourth-order valence-corrected chi connectivity index (χ4v) is 4.42. The summed E-state index contributed by atoms with van der Waals surface area (Å²) < 4.78 is 0. The van der Waals surface area contributed by atoms with Gasteiger partial charge in [-0.2, -0.15) is 0 Å². The highest BCUT2D eigenvalue weighted by atomic mass is 32.3. The molecule has 2 N–H and O–H groups in total. The predicted molar refractivity (Wildman–Crippen MR) is 75.6 cm³/mol. The third-order valence-corrected chi connectivity index (χ3v) is 6.82. The van der Waals surface area contributed by atoms with Crippen LogP contribution in [0.15, 0.2) is 0 Å². The van der Waals surface area contributed by atoms with E-state index in [4.69, 9.17) is 0 Å². The number of carbonyl (C=O) groups excluding carboxylic acids is 1. The van der Waals surface area contributed by atoms with Gasteiger partial charge in [-0.3, -0.25) is 4.79 Å². The van der Waals surface area contributed by atoms with Crippen LogP contribution in [0.1, 0.15) is 39.0 Å². The minimum atomic E-state index is -0.793. The van der Waals surface area contributed by atoms with Crippen molar-refractivity contribution in [1.82, 2.24) is 5.32 Å². The first-order valence-corrected chi connectivity index (χ1v) is 9.22. The molecule has 2 unspecified atom stereocenters. The second-order valence-electron chi connectivity index (χ2n) is 5.64. The molecule has 0 spiro atoms. The van der Waals surface area contributed by atoms with Crippen LogP contribution in [-0.2, 0) is 4.79 Å². The molecule has 1 amide bonds. The summed E-state index contributed by atoms with van der Waals surface area (Å²) in [6.45, 7) is 2.35. The fraction of sp³-hybridized carbons (Fsp3) is 0.923. The van der Waals surface area contributed by atoms with Crippen molar-refractivity contribution in [3.05, 3.63) is 0 Å². The number of aliphatic hydroxyl groups is 1. The highest BCUT2D eigenvalue weighted by Crippen LogP contribution is 2.48. The van der Waals surface area contributed by atoms with Crippen molar-refractivity contribution in [3.8, 4) is 0 Å². The topological polar surface area (TPSA) is 49.3 Å². The van der Waals surface area contributed by atoms with E-state index in [1.807, 2.05) is 0 Å². The Morgan fingerprint density at radius 3 is 2.71 bits per heavy atom. The largest absolute Gasteiger partial charge is 0.384 e. The Morgan fingerprint density at radius 1 is 1.35 bits per heavy atom. The molecule has 1 aliphatic heterocycles. The van der Waals surface area contributed by atoms with E-state index < -0.39 is 10.0 Å². The van der Waals surface area contributed by atoms with Crippen molar-refractivity contribution < 1.29 is 9.90 Å². The van der Waals surface area contributed by atoms with Crippen LogP contribution in [0.25, 0.3) is 0 Å². The van der Waals surface area contributed by atoms with E-state index in [-0.39, 0.29) is 11.3 Å². The molecule has 0 aromatic rings. The van der Waals surface area contributed by atoms with Gasteiger partial charge in [0.1, 0.15) is 0 Å². The SMILES string of the molecule is CC(=O)NCCC1CCCS(C)(C)C(O)CC1. The average Bonchev–Trinajstić information content (AvgIpc) is 2.22. The summed E-state index contributed by atoms with van der Waals surface area (Å²) in [5.74, 6) is 1.92. The lowest BCUT2D eigenvalue weighted by Crippen LogP contribution is -2.26. The molecule has 0 radical (unpaired) electrons. The maximum atomic E-state index is 10.8. The standard InChI is InChI=1S/C13H27NO2S/c1-11(15)14-9-8-12-5-4-10-17(2,3)13(16)7-6-12/h12-13,16H,4-10H2,1-3H3,(H,14,15). The molecule has 0 aromatic carbocycles. The number of hydrogen-bond donors (Lipinski definition) is 2. The highest BCUT2D eigenvalue weighted by molar-refractivity contribution is 8.33. The van der Waals surface area contributed by atoms with E-state index in [1.54, 1.807) is 6.92 Å². The molecule has 1 heterocycles. The summed E-state index contributed by atoms with van der Waals surface area (Å²) in [4.78, 5) is 10.8. The summed E-state index contributed by atoms with van der Waals surface area (Å²) in [7, 11) is -0.793. The van der Waals surface area contributed by atoms with Gasteiger partial charge in [-0.05, 0) is 56.3 Å². The van der Waals surface area contributed by atoms with Crippen LogP contribution in [0, 0.1) is 5.92 Å². The molecular weight excluding hydrogens is 234 g/mol. The second-order valence-corrected chi connectivity index (χ2v) is 9.84. The molecule has 0 saturated carbocycles. The Kier molecular flexibility index (Phi) is 5.80. The lowest BCUT2D eigenvalue weighted by atomic mass is 9.94. The monoisotopic (exact) mass is 261 g/mol. The third-order valence-electron chi connectivity index (χ3n) is 3.77. The van der Waals surface area contributed by atoms with Gasteiger partial charge in [0, 0.05) is 13.5 Å². The van der Waals surface area contributed by atoms with E-state index in [0.29, 0.717) is 5.92 Å². The molecule has 0 aliphatic carbocycles. The minimum Gasteiger partial charge on any atom is -0.384 e. The van der Waals surface area contributed by atoms with E-state index >= 15 is 0 Å². The summed E-state index contributed by atoms with van der Waals surface area (Å²) in [6, 6.07) is 0. The van der Waals surface area contributed by atoms with Crippen LogP contribution in [0.3, 0.4) is 0 Å². The molecule has 102 valence electrons. The van der Waals surface area contributed by atoms with Crippen molar-refractivity contribution in [2.24, 2.45) is 5.92 Å². The first-order valence-electron chi connectivity index (χ1n) is 6.54. The Balaban J connectivity index is 2.33. The van der Waals surface area contributed by atoms with Gasteiger partial charge in [-0.25, -0.2) is 10.0 Å². The molecule has 17 heavy (non-hydrogen) atoms. The number of hydrogen-bond acceptors (Lipinski definition) is 2. The molecular formula is C13H27NO2S. The summed E-state index contributed by atoms with van der Waals surface area (Å²) in [6.07, 6.45) is 10.1. The number of amides is 1.